The van der Waals surface area contributed by atoms with Crippen molar-refractivity contribution in [3.63, 3.8) is 0 Å². The second-order valence-corrected chi connectivity index (χ2v) is 6.20. The van der Waals surface area contributed by atoms with Gasteiger partial charge < -0.3 is 25.3 Å². The zero-order valence-corrected chi connectivity index (χ0v) is 13.4. The number of methoxy groups -OCH3 is 1. The van der Waals surface area contributed by atoms with Crippen LogP contribution in [0.25, 0.3) is 0 Å². The van der Waals surface area contributed by atoms with Gasteiger partial charge in [0.2, 0.25) is 0 Å². The molecule has 1 unspecified atom stereocenters. The van der Waals surface area contributed by atoms with Gasteiger partial charge in [-0.2, -0.15) is 0 Å². The van der Waals surface area contributed by atoms with Crippen molar-refractivity contribution in [1.82, 2.24) is 0 Å². The first kappa shape index (κ1) is 15.9. The van der Waals surface area contributed by atoms with Crippen LogP contribution in [0.3, 0.4) is 0 Å². The van der Waals surface area contributed by atoms with Gasteiger partial charge in [0.1, 0.15) is 15.6 Å². The van der Waals surface area contributed by atoms with Gasteiger partial charge in [-0.25, -0.2) is 4.79 Å². The molecule has 2 rings (SSSR count). The summed E-state index contributed by atoms with van der Waals surface area (Å²) in [6, 6.07) is 0. The van der Waals surface area contributed by atoms with Gasteiger partial charge in [-0.1, -0.05) is 0 Å². The summed E-state index contributed by atoms with van der Waals surface area (Å²) < 4.78 is 16.1. The third-order valence-electron chi connectivity index (χ3n) is 3.14. The molecule has 0 radical (unpaired) electrons. The van der Waals surface area contributed by atoms with Crippen LogP contribution in [0.15, 0.2) is 0 Å². The van der Waals surface area contributed by atoms with Gasteiger partial charge in [0, 0.05) is 13.2 Å². The van der Waals surface area contributed by atoms with Crippen LogP contribution in [-0.4, -0.2) is 38.4 Å². The molecule has 0 aromatic carbocycles. The van der Waals surface area contributed by atoms with Crippen molar-refractivity contribution in [3.05, 3.63) is 4.88 Å². The summed E-state index contributed by atoms with van der Waals surface area (Å²) in [6.45, 7) is 5.31. The molecule has 0 aliphatic carbocycles. The molecule has 1 aromatic heterocycles. The summed E-state index contributed by atoms with van der Waals surface area (Å²) in [6.07, 6.45) is 2.29. The van der Waals surface area contributed by atoms with Crippen molar-refractivity contribution in [2.75, 3.05) is 31.3 Å². The Kier molecular flexibility index (Phi) is 5.30. The van der Waals surface area contributed by atoms with Crippen LogP contribution in [-0.2, 0) is 9.47 Å². The molecule has 1 aliphatic rings. The molecule has 2 heterocycles. The van der Waals surface area contributed by atoms with Crippen molar-refractivity contribution in [2.24, 2.45) is 0 Å². The van der Waals surface area contributed by atoms with Crippen LogP contribution in [0.5, 0.6) is 5.75 Å². The van der Waals surface area contributed by atoms with E-state index in [1.807, 2.05) is 13.8 Å². The Morgan fingerprint density at radius 1 is 1.57 bits per heavy atom. The van der Waals surface area contributed by atoms with Gasteiger partial charge in [-0.3, -0.25) is 0 Å². The summed E-state index contributed by atoms with van der Waals surface area (Å²) in [5.74, 6) is 0.0738. The molecule has 6 nitrogen and oxygen atoms in total. The van der Waals surface area contributed by atoms with E-state index < -0.39 is 5.97 Å². The smallest absolute Gasteiger partial charge is 0.350 e. The van der Waals surface area contributed by atoms with E-state index >= 15 is 0 Å². The third kappa shape index (κ3) is 3.79. The molecule has 0 bridgehead atoms. The van der Waals surface area contributed by atoms with Crippen molar-refractivity contribution < 1.29 is 19.0 Å². The molecule has 3 N–H and O–H groups in total. The highest BCUT2D eigenvalue weighted by Gasteiger charge is 2.24. The molecule has 1 aliphatic heterocycles. The average molecular weight is 314 g/mol. The molecule has 0 saturated carbocycles. The number of hydrogen-bond donors (Lipinski definition) is 2. The lowest BCUT2D eigenvalue weighted by molar-refractivity contribution is 0.0607. The van der Waals surface area contributed by atoms with Gasteiger partial charge in [0.25, 0.3) is 0 Å². The number of carbonyl (C=O) groups excluding carboxylic acids is 1. The van der Waals surface area contributed by atoms with Crippen molar-refractivity contribution >= 4 is 28.0 Å². The summed E-state index contributed by atoms with van der Waals surface area (Å²) in [5, 5.41) is 4.03. The van der Waals surface area contributed by atoms with E-state index in [1.54, 1.807) is 0 Å². The minimum absolute atomic E-state index is 0.0318. The first-order chi connectivity index (χ1) is 10.0. The van der Waals surface area contributed by atoms with Crippen molar-refractivity contribution in [3.8, 4) is 5.75 Å². The number of thiophene rings is 1. The maximum absolute atomic E-state index is 11.7. The van der Waals surface area contributed by atoms with Crippen LogP contribution >= 0.6 is 11.3 Å². The SMILES string of the molecule is COC(=O)c1sc(NCC2CCCO2)c(OC(C)C)c1N. The predicted molar refractivity (Wildman–Crippen MR) is 83.3 cm³/mol. The number of esters is 1. The molecule has 21 heavy (non-hydrogen) atoms. The molecular weight excluding hydrogens is 292 g/mol. The minimum atomic E-state index is -0.448. The second kappa shape index (κ2) is 7.00. The Morgan fingerprint density at radius 3 is 2.90 bits per heavy atom. The molecule has 0 amide bonds. The maximum Gasteiger partial charge on any atom is 0.350 e. The van der Waals surface area contributed by atoms with Gasteiger partial charge in [-0.05, 0) is 26.7 Å². The van der Waals surface area contributed by atoms with E-state index in [9.17, 15) is 4.79 Å². The fourth-order valence-corrected chi connectivity index (χ4v) is 3.13. The van der Waals surface area contributed by atoms with Crippen LogP contribution in [0.1, 0.15) is 36.4 Å². The van der Waals surface area contributed by atoms with Crippen LogP contribution < -0.4 is 15.8 Å². The maximum atomic E-state index is 11.7. The Balaban J connectivity index is 2.17. The quantitative estimate of drug-likeness (QED) is 0.785. The van der Waals surface area contributed by atoms with Crippen LogP contribution in [0.4, 0.5) is 10.7 Å². The summed E-state index contributed by atoms with van der Waals surface area (Å²) in [7, 11) is 1.34. The van der Waals surface area contributed by atoms with E-state index in [1.165, 1.54) is 18.4 Å². The summed E-state index contributed by atoms with van der Waals surface area (Å²) in [5.41, 5.74) is 6.36. The lowest BCUT2D eigenvalue weighted by atomic mass is 10.2. The van der Waals surface area contributed by atoms with Crippen LogP contribution in [0, 0.1) is 0 Å². The fourth-order valence-electron chi connectivity index (χ4n) is 2.15. The number of nitrogens with one attached hydrogen (secondary N) is 1. The Labute approximate surface area is 128 Å². The first-order valence-electron chi connectivity index (χ1n) is 7.05. The van der Waals surface area contributed by atoms with Crippen molar-refractivity contribution in [1.29, 1.82) is 0 Å². The predicted octanol–water partition coefficient (Wildman–Crippen LogP) is 2.50. The standard InChI is InChI=1S/C14H22N2O4S/c1-8(2)20-11-10(15)12(14(17)18-3)21-13(11)16-7-9-5-4-6-19-9/h8-9,16H,4-7,15H2,1-3H3. The average Bonchev–Trinajstić information content (AvgIpc) is 3.06. The van der Waals surface area contributed by atoms with E-state index in [4.69, 9.17) is 19.9 Å². The molecule has 1 atom stereocenters. The number of hydrogen-bond acceptors (Lipinski definition) is 7. The molecule has 118 valence electrons. The topological polar surface area (TPSA) is 82.8 Å². The number of carbonyl (C=O) groups is 1. The summed E-state index contributed by atoms with van der Waals surface area (Å²) >= 11 is 1.25. The molecular formula is C14H22N2O4S. The monoisotopic (exact) mass is 314 g/mol. The number of nitrogen functional groups attached to an aromatic ring is 1. The lowest BCUT2D eigenvalue weighted by Crippen LogP contribution is -2.18. The number of anilines is 2. The zero-order chi connectivity index (χ0) is 15.4. The Morgan fingerprint density at radius 2 is 2.33 bits per heavy atom. The lowest BCUT2D eigenvalue weighted by Gasteiger charge is -2.14. The van der Waals surface area contributed by atoms with Gasteiger partial charge >= 0.3 is 5.97 Å². The number of rotatable bonds is 6. The molecule has 1 saturated heterocycles. The second-order valence-electron chi connectivity index (χ2n) is 5.18. The summed E-state index contributed by atoms with van der Waals surface area (Å²) in [4.78, 5) is 12.1. The zero-order valence-electron chi connectivity index (χ0n) is 12.6. The van der Waals surface area contributed by atoms with E-state index in [-0.39, 0.29) is 12.2 Å². The van der Waals surface area contributed by atoms with Gasteiger partial charge in [0.15, 0.2) is 5.75 Å². The van der Waals surface area contributed by atoms with E-state index in [2.05, 4.69) is 5.32 Å². The number of ether oxygens (including phenoxy) is 3. The van der Waals surface area contributed by atoms with Crippen molar-refractivity contribution in [2.45, 2.75) is 38.9 Å². The van der Waals surface area contributed by atoms with E-state index in [0.717, 1.165) is 24.4 Å². The van der Waals surface area contributed by atoms with Gasteiger partial charge in [0.05, 0.1) is 19.3 Å². The Hall–Kier alpha value is -1.47. The highest BCUT2D eigenvalue weighted by molar-refractivity contribution is 7.19. The largest absolute Gasteiger partial charge is 0.486 e. The molecule has 1 aromatic rings. The minimum Gasteiger partial charge on any atom is -0.486 e. The van der Waals surface area contributed by atoms with Crippen LogP contribution in [0.2, 0.25) is 0 Å². The highest BCUT2D eigenvalue weighted by Crippen LogP contribution is 2.43. The van der Waals surface area contributed by atoms with E-state index in [0.29, 0.717) is 22.9 Å². The first-order valence-corrected chi connectivity index (χ1v) is 7.87. The van der Waals surface area contributed by atoms with Gasteiger partial charge in [-0.15, -0.1) is 11.3 Å². The fraction of sp³-hybridized carbons (Fsp3) is 0.643. The Bertz CT molecular complexity index is 495. The molecule has 0 spiro atoms. The normalized spacial score (nSPS) is 18.0. The molecule has 7 heteroatoms. The number of nitrogens with two attached hydrogens (primary N) is 1. The highest BCUT2D eigenvalue weighted by atomic mass is 32.1. The third-order valence-corrected chi connectivity index (χ3v) is 4.26. The molecule has 1 fully saturated rings.